The van der Waals surface area contributed by atoms with E-state index in [1.165, 1.54) is 0 Å². The van der Waals surface area contributed by atoms with Crippen LogP contribution in [0.4, 0.5) is 0 Å². The summed E-state index contributed by atoms with van der Waals surface area (Å²) < 4.78 is 4.95. The average Bonchev–Trinajstić information content (AvgIpc) is 4.26. The van der Waals surface area contributed by atoms with Crippen molar-refractivity contribution in [3.05, 3.63) is 226 Å². The molecule has 4 heteroatoms. The lowest BCUT2D eigenvalue weighted by atomic mass is 10.00. The Labute approximate surface area is 394 Å². The minimum absolute atomic E-state index is 0.593. The Morgan fingerprint density at radius 1 is 0.292 bits per heavy atom. The van der Waals surface area contributed by atoms with Crippen molar-refractivity contribution in [1.82, 2.24) is 9.13 Å². The second kappa shape index (κ2) is 29.8. The van der Waals surface area contributed by atoms with Crippen LogP contribution in [0.1, 0.15) is 144 Å². The first-order chi connectivity index (χ1) is 32.3. The molecule has 2 aromatic heterocycles. The van der Waals surface area contributed by atoms with Crippen LogP contribution in [0.5, 0.6) is 0 Å². The van der Waals surface area contributed by atoms with Crippen LogP contribution in [0.3, 0.4) is 0 Å². The minimum atomic E-state index is 0.593. The molecule has 6 bridgehead atoms. The van der Waals surface area contributed by atoms with E-state index >= 15 is 0 Å². The molecule has 10 rings (SSSR count). The van der Waals surface area contributed by atoms with Crippen molar-refractivity contribution in [1.29, 1.82) is 0 Å². The molecule has 0 saturated carbocycles. The van der Waals surface area contributed by atoms with Crippen molar-refractivity contribution in [2.75, 3.05) is 0 Å². The fraction of sp³-hybridized carbons (Fsp3) is 0.279. The highest BCUT2D eigenvalue weighted by atomic mass is 15.2. The van der Waals surface area contributed by atoms with Gasteiger partial charge in [0.2, 0.25) is 0 Å². The molecule has 6 aromatic rings. The van der Waals surface area contributed by atoms with Crippen LogP contribution in [0.25, 0.3) is 22.3 Å². The number of rotatable bonds is 4. The third kappa shape index (κ3) is 12.0. The summed E-state index contributed by atoms with van der Waals surface area (Å²) in [7, 11) is 0. The van der Waals surface area contributed by atoms with Gasteiger partial charge in [-0.1, -0.05) is 232 Å². The Kier molecular flexibility index (Phi) is 25.0. The number of fused-ring (bicyclic) bond motifs is 2. The minimum Gasteiger partial charge on any atom is -0.322 e. The molecule has 4 aliphatic heterocycles. The van der Waals surface area contributed by atoms with Crippen molar-refractivity contribution in [2.45, 2.75) is 117 Å². The van der Waals surface area contributed by atoms with Crippen LogP contribution in [0, 0.1) is 0 Å². The zero-order chi connectivity index (χ0) is 48.3. The zero-order valence-electron chi connectivity index (χ0n) is 42.7. The van der Waals surface area contributed by atoms with Gasteiger partial charge in [-0.2, -0.15) is 0 Å². The van der Waals surface area contributed by atoms with E-state index in [1.54, 1.807) is 0 Å². The molecule has 0 amide bonds. The monoisotopic (exact) mass is 867 g/mol. The molecule has 6 heterocycles. The largest absolute Gasteiger partial charge is 0.322 e. The standard InChI is InChI=1S/C45H30N4.8C2H6/c1-5-13-30(14-6-1)42-34-21-22-35(46-34)43(31-15-7-2-8-16-31)40-27-28-41-45(33-19-11-4-12-20-33)37-24-23-36(47-37)44(32-17-9-3-10-18-32)39-26-25-38(42)48(39)29-49(40)41;8*1-2/h1-28H,29H2;8*1-2H3. The van der Waals surface area contributed by atoms with E-state index in [2.05, 4.69) is 179 Å². The van der Waals surface area contributed by atoms with Gasteiger partial charge in [-0.3, -0.25) is 0 Å². The molecule has 65 heavy (non-hydrogen) atoms. The van der Waals surface area contributed by atoms with Gasteiger partial charge in [-0.15, -0.1) is 0 Å². The highest BCUT2D eigenvalue weighted by Crippen LogP contribution is 2.38. The summed E-state index contributed by atoms with van der Waals surface area (Å²) >= 11 is 0. The lowest BCUT2D eigenvalue weighted by Gasteiger charge is -2.23. The third-order valence-corrected chi connectivity index (χ3v) is 9.82. The van der Waals surface area contributed by atoms with Crippen LogP contribution in [-0.4, -0.2) is 20.6 Å². The lowest BCUT2D eigenvalue weighted by Crippen LogP contribution is -2.36. The molecule has 342 valence electrons. The predicted molar refractivity (Wildman–Crippen MR) is 290 cm³/mol. The predicted octanol–water partition coefficient (Wildman–Crippen LogP) is 16.0. The first-order valence-electron chi connectivity index (χ1n) is 24.7. The molecule has 4 nitrogen and oxygen atoms in total. The van der Waals surface area contributed by atoms with E-state index in [0.717, 1.165) is 89.4 Å². The maximum Gasteiger partial charge on any atom is 0.100 e. The van der Waals surface area contributed by atoms with E-state index in [-0.39, 0.29) is 0 Å². The first-order valence-corrected chi connectivity index (χ1v) is 24.7. The number of aliphatic imine (C=N–C) groups is 2. The van der Waals surface area contributed by atoms with E-state index in [4.69, 9.17) is 9.98 Å². The molecule has 0 radical (unpaired) electrons. The van der Waals surface area contributed by atoms with Gasteiger partial charge in [-0.25, -0.2) is 9.98 Å². The molecular formula is C61H78N4. The number of aromatic nitrogens is 2. The number of nitrogens with zero attached hydrogens (tertiary/aromatic N) is 4. The summed E-state index contributed by atoms with van der Waals surface area (Å²) in [6.45, 7) is 32.6. The van der Waals surface area contributed by atoms with E-state index in [9.17, 15) is 0 Å². The summed E-state index contributed by atoms with van der Waals surface area (Å²) in [5.74, 6) is 0. The fourth-order valence-electron chi connectivity index (χ4n) is 7.66. The summed E-state index contributed by atoms with van der Waals surface area (Å²) in [5.41, 5.74) is 15.0. The number of benzene rings is 4. The van der Waals surface area contributed by atoms with Gasteiger partial charge in [-0.05, 0) is 70.8 Å². The summed E-state index contributed by atoms with van der Waals surface area (Å²) in [5, 5.41) is 2.23. The van der Waals surface area contributed by atoms with Gasteiger partial charge >= 0.3 is 0 Å². The second-order valence-electron chi connectivity index (χ2n) is 12.6. The smallest absolute Gasteiger partial charge is 0.100 e. The summed E-state index contributed by atoms with van der Waals surface area (Å²) in [4.78, 5) is 10.9. The van der Waals surface area contributed by atoms with Crippen LogP contribution in [-0.2, 0) is 6.67 Å². The van der Waals surface area contributed by atoms with Crippen molar-refractivity contribution in [3.63, 3.8) is 0 Å². The van der Waals surface area contributed by atoms with Crippen molar-refractivity contribution in [3.8, 4) is 0 Å². The molecular weight excluding hydrogens is 789 g/mol. The first kappa shape index (κ1) is 54.6. The molecule has 0 fully saturated rings. The van der Waals surface area contributed by atoms with Crippen molar-refractivity contribution >= 4 is 33.7 Å². The topological polar surface area (TPSA) is 34.6 Å². The van der Waals surface area contributed by atoms with Gasteiger partial charge in [0, 0.05) is 22.3 Å². The van der Waals surface area contributed by atoms with Gasteiger partial charge in [0.15, 0.2) is 0 Å². The van der Waals surface area contributed by atoms with Crippen molar-refractivity contribution in [2.24, 2.45) is 9.98 Å². The molecule has 0 spiro atoms. The number of allylic oxidation sites excluding steroid dienone is 4. The van der Waals surface area contributed by atoms with Gasteiger partial charge in [0.1, 0.15) is 6.67 Å². The Morgan fingerprint density at radius 3 is 0.862 bits per heavy atom. The van der Waals surface area contributed by atoms with E-state index < -0.39 is 0 Å². The SMILES string of the molecule is C1=CC2=C(c3ccccc3)c3ccc4n3Cn3c(ccc3=C(c3ccccc3)C3=NC(=C4c4ccccc4)C=C3)=C(c3ccccc3)C1=N2.CC.CC.CC.CC.CC.CC.CC.CC. The van der Waals surface area contributed by atoms with Crippen LogP contribution in [0.15, 0.2) is 191 Å². The molecule has 0 N–H and O–H groups in total. The highest BCUT2D eigenvalue weighted by molar-refractivity contribution is 6.31. The second-order valence-corrected chi connectivity index (χ2v) is 12.6. The Bertz CT molecular complexity index is 2450. The van der Waals surface area contributed by atoms with Gasteiger partial charge < -0.3 is 9.13 Å². The quantitative estimate of drug-likeness (QED) is 0.169. The van der Waals surface area contributed by atoms with Gasteiger partial charge in [0.25, 0.3) is 0 Å². The molecule has 0 saturated heterocycles. The maximum absolute atomic E-state index is 5.43. The van der Waals surface area contributed by atoms with E-state index in [0.29, 0.717) is 6.67 Å². The normalized spacial score (nSPS) is 12.7. The summed E-state index contributed by atoms with van der Waals surface area (Å²) in [6, 6.07) is 51.8. The Morgan fingerprint density at radius 2 is 0.569 bits per heavy atom. The number of hydrogen-bond donors (Lipinski definition) is 0. The lowest BCUT2D eigenvalue weighted by molar-refractivity contribution is 0.578. The molecule has 4 aromatic carbocycles. The fourth-order valence-corrected chi connectivity index (χ4v) is 7.66. The maximum atomic E-state index is 5.43. The zero-order valence-corrected chi connectivity index (χ0v) is 42.7. The Hall–Kier alpha value is -6.52. The highest BCUT2D eigenvalue weighted by Gasteiger charge is 2.28. The number of hydrogen-bond acceptors (Lipinski definition) is 2. The summed E-state index contributed by atoms with van der Waals surface area (Å²) in [6.07, 6.45) is 8.73. The molecule has 0 atom stereocenters. The van der Waals surface area contributed by atoms with E-state index in [1.807, 2.05) is 111 Å². The molecule has 0 unspecified atom stereocenters. The van der Waals surface area contributed by atoms with Crippen molar-refractivity contribution < 1.29 is 0 Å². The molecule has 4 aliphatic rings. The molecule has 0 aliphatic carbocycles. The van der Waals surface area contributed by atoms with Crippen LogP contribution < -0.4 is 10.7 Å². The average molecular weight is 867 g/mol. The van der Waals surface area contributed by atoms with Crippen LogP contribution >= 0.6 is 0 Å². The van der Waals surface area contributed by atoms with Gasteiger partial charge in [0.05, 0.1) is 44.9 Å². The third-order valence-electron chi connectivity index (χ3n) is 9.82. The van der Waals surface area contributed by atoms with Crippen LogP contribution in [0.2, 0.25) is 0 Å². The Balaban J connectivity index is 0.000000825.